The maximum atomic E-state index is 13.2. The first-order valence-electron chi connectivity index (χ1n) is 9.52. The summed E-state index contributed by atoms with van der Waals surface area (Å²) in [7, 11) is 1.60. The topological polar surface area (TPSA) is 70.5 Å². The smallest absolute Gasteiger partial charge is 0.352 e. The van der Waals surface area contributed by atoms with Crippen molar-refractivity contribution < 1.29 is 4.74 Å². The molecule has 5 aromatic rings. The molecule has 0 saturated carbocycles. The van der Waals surface area contributed by atoms with Gasteiger partial charge in [-0.25, -0.2) is 13.9 Å². The number of fused-ring (bicyclic) bond motifs is 3. The van der Waals surface area contributed by atoms with Gasteiger partial charge in [-0.3, -0.25) is 9.36 Å². The number of halogens is 1. The fraction of sp³-hybridized carbons (Fsp3) is 0.136. The summed E-state index contributed by atoms with van der Waals surface area (Å²) in [5.41, 5.74) is 1.84. The fourth-order valence-corrected chi connectivity index (χ4v) is 4.64. The predicted molar refractivity (Wildman–Crippen MR) is 122 cm³/mol. The van der Waals surface area contributed by atoms with Gasteiger partial charge in [0.15, 0.2) is 0 Å². The number of thiophene rings is 1. The van der Waals surface area contributed by atoms with Crippen molar-refractivity contribution in [3.8, 4) is 5.75 Å². The van der Waals surface area contributed by atoms with E-state index < -0.39 is 0 Å². The highest BCUT2D eigenvalue weighted by molar-refractivity contribution is 7.17. The number of nitrogens with zero attached hydrogens (tertiary/aromatic N) is 4. The Morgan fingerprint density at radius 1 is 1.03 bits per heavy atom. The molecule has 0 saturated heterocycles. The Morgan fingerprint density at radius 2 is 1.84 bits per heavy atom. The Bertz CT molecular complexity index is 1530. The molecule has 0 unspecified atom stereocenters. The number of hydrogen-bond donors (Lipinski definition) is 0. The lowest BCUT2D eigenvalue weighted by Crippen LogP contribution is -2.26. The lowest BCUT2D eigenvalue weighted by atomic mass is 10.2. The molecular weight excluding hydrogens is 436 g/mol. The molecule has 5 rings (SSSR count). The highest BCUT2D eigenvalue weighted by atomic mass is 35.5. The van der Waals surface area contributed by atoms with Crippen molar-refractivity contribution >= 4 is 38.9 Å². The number of methoxy groups -OCH3 is 1. The van der Waals surface area contributed by atoms with Gasteiger partial charge >= 0.3 is 5.69 Å². The zero-order valence-electron chi connectivity index (χ0n) is 16.5. The van der Waals surface area contributed by atoms with Crippen LogP contribution < -0.4 is 16.0 Å². The molecule has 3 heterocycles. The molecular formula is C22H17ClN4O3S. The molecule has 0 atom stereocenters. The Labute approximate surface area is 185 Å². The SMILES string of the molecule is COc1ccc(Cn2c(=O)c3sccc3n3c(=O)n(Cc4cccc(Cl)c4)nc23)cc1. The van der Waals surface area contributed by atoms with Crippen LogP contribution in [0.5, 0.6) is 5.75 Å². The van der Waals surface area contributed by atoms with Gasteiger partial charge in [0.2, 0.25) is 5.78 Å². The van der Waals surface area contributed by atoms with Crippen LogP contribution in [-0.2, 0) is 13.1 Å². The summed E-state index contributed by atoms with van der Waals surface area (Å²) in [5, 5.41) is 6.92. The molecule has 156 valence electrons. The highest BCUT2D eigenvalue weighted by Crippen LogP contribution is 2.19. The van der Waals surface area contributed by atoms with Gasteiger partial charge in [-0.2, -0.15) is 0 Å². The number of aromatic nitrogens is 4. The first-order valence-corrected chi connectivity index (χ1v) is 10.8. The average molecular weight is 453 g/mol. The fourth-order valence-electron chi connectivity index (χ4n) is 3.60. The molecule has 9 heteroatoms. The van der Waals surface area contributed by atoms with Gasteiger partial charge in [0.25, 0.3) is 5.56 Å². The normalized spacial score (nSPS) is 11.4. The van der Waals surface area contributed by atoms with Crippen molar-refractivity contribution in [3.63, 3.8) is 0 Å². The van der Waals surface area contributed by atoms with E-state index in [1.165, 1.54) is 25.0 Å². The zero-order chi connectivity index (χ0) is 21.5. The maximum Gasteiger partial charge on any atom is 0.352 e. The van der Waals surface area contributed by atoms with Gasteiger partial charge in [0.05, 0.1) is 25.7 Å². The lowest BCUT2D eigenvalue weighted by molar-refractivity contribution is 0.414. The molecule has 31 heavy (non-hydrogen) atoms. The van der Waals surface area contributed by atoms with Crippen molar-refractivity contribution in [1.82, 2.24) is 18.7 Å². The quantitative estimate of drug-likeness (QED) is 0.408. The van der Waals surface area contributed by atoms with Crippen molar-refractivity contribution in [3.05, 3.63) is 97.0 Å². The van der Waals surface area contributed by atoms with Crippen LogP contribution >= 0.6 is 22.9 Å². The second-order valence-electron chi connectivity index (χ2n) is 7.08. The molecule has 2 aromatic carbocycles. The van der Waals surface area contributed by atoms with Gasteiger partial charge in [0, 0.05) is 5.02 Å². The molecule has 7 nitrogen and oxygen atoms in total. The van der Waals surface area contributed by atoms with Crippen LogP contribution in [0, 0.1) is 0 Å². The second kappa shape index (κ2) is 7.72. The van der Waals surface area contributed by atoms with Crippen LogP contribution in [-0.4, -0.2) is 25.9 Å². The molecule has 0 aliphatic heterocycles. The van der Waals surface area contributed by atoms with E-state index in [0.717, 1.165) is 16.9 Å². The van der Waals surface area contributed by atoms with Crippen LogP contribution in [0.15, 0.2) is 69.6 Å². The third-order valence-electron chi connectivity index (χ3n) is 5.11. The summed E-state index contributed by atoms with van der Waals surface area (Å²) in [6, 6.07) is 16.5. The predicted octanol–water partition coefficient (Wildman–Crippen LogP) is 3.63. The second-order valence-corrected chi connectivity index (χ2v) is 8.43. The number of benzene rings is 2. The standard InChI is InChI=1S/C22H17ClN4O3S/c1-30-17-7-5-14(6-8-17)12-25-20(28)19-18(9-10-31-19)27-21(25)24-26(22(27)29)13-15-3-2-4-16(23)11-15/h2-11H,12-13H2,1H3. The summed E-state index contributed by atoms with van der Waals surface area (Å²) in [6.07, 6.45) is 0. The van der Waals surface area contributed by atoms with Crippen LogP contribution in [0.1, 0.15) is 11.1 Å². The minimum Gasteiger partial charge on any atom is -0.497 e. The summed E-state index contributed by atoms with van der Waals surface area (Å²) in [5.74, 6) is 1.04. The summed E-state index contributed by atoms with van der Waals surface area (Å²) in [6.45, 7) is 0.539. The Hall–Kier alpha value is -3.36. The first kappa shape index (κ1) is 19.6. The van der Waals surface area contributed by atoms with Crippen molar-refractivity contribution in [2.24, 2.45) is 0 Å². The number of rotatable bonds is 5. The molecule has 0 radical (unpaired) electrons. The van der Waals surface area contributed by atoms with Gasteiger partial charge in [-0.15, -0.1) is 16.4 Å². The molecule has 0 spiro atoms. The summed E-state index contributed by atoms with van der Waals surface area (Å²) in [4.78, 5) is 26.5. The molecule has 0 amide bonds. The minimum absolute atomic E-state index is 0.173. The van der Waals surface area contributed by atoms with Gasteiger partial charge in [0.1, 0.15) is 10.4 Å². The molecule has 0 aliphatic carbocycles. The van der Waals surface area contributed by atoms with E-state index >= 15 is 0 Å². The third-order valence-corrected chi connectivity index (χ3v) is 6.24. The van der Waals surface area contributed by atoms with E-state index in [9.17, 15) is 9.59 Å². The first-order chi connectivity index (χ1) is 15.0. The Kier molecular flexibility index (Phi) is 4.88. The molecule has 0 N–H and O–H groups in total. The highest BCUT2D eigenvalue weighted by Gasteiger charge is 2.18. The van der Waals surface area contributed by atoms with E-state index in [4.69, 9.17) is 16.3 Å². The zero-order valence-corrected chi connectivity index (χ0v) is 18.1. The van der Waals surface area contributed by atoms with Crippen molar-refractivity contribution in [2.75, 3.05) is 7.11 Å². The van der Waals surface area contributed by atoms with Gasteiger partial charge in [-0.1, -0.05) is 35.9 Å². The third kappa shape index (κ3) is 3.43. The van der Waals surface area contributed by atoms with Crippen LogP contribution in [0.3, 0.4) is 0 Å². The molecule has 0 fully saturated rings. The van der Waals surface area contributed by atoms with Gasteiger partial charge in [-0.05, 0) is 46.8 Å². The van der Waals surface area contributed by atoms with E-state index in [1.807, 2.05) is 41.8 Å². The monoisotopic (exact) mass is 452 g/mol. The summed E-state index contributed by atoms with van der Waals surface area (Å²) < 4.78 is 10.1. The van der Waals surface area contributed by atoms with Crippen LogP contribution in [0.2, 0.25) is 5.02 Å². The van der Waals surface area contributed by atoms with E-state index in [-0.39, 0.29) is 24.3 Å². The van der Waals surface area contributed by atoms with Crippen LogP contribution in [0.4, 0.5) is 0 Å². The number of ether oxygens (including phenoxy) is 1. The van der Waals surface area contributed by atoms with E-state index in [2.05, 4.69) is 5.10 Å². The lowest BCUT2D eigenvalue weighted by Gasteiger charge is -2.08. The van der Waals surface area contributed by atoms with Crippen LogP contribution in [0.25, 0.3) is 16.0 Å². The molecule has 3 aromatic heterocycles. The van der Waals surface area contributed by atoms with E-state index in [0.29, 0.717) is 21.0 Å². The molecule has 0 aliphatic rings. The van der Waals surface area contributed by atoms with E-state index in [1.54, 1.807) is 25.3 Å². The summed E-state index contributed by atoms with van der Waals surface area (Å²) >= 11 is 7.40. The van der Waals surface area contributed by atoms with Crippen molar-refractivity contribution in [2.45, 2.75) is 13.1 Å². The van der Waals surface area contributed by atoms with Gasteiger partial charge < -0.3 is 4.74 Å². The number of hydrogen-bond acceptors (Lipinski definition) is 5. The Balaban J connectivity index is 1.69. The molecule has 0 bridgehead atoms. The minimum atomic E-state index is -0.304. The maximum absolute atomic E-state index is 13.2. The van der Waals surface area contributed by atoms with Crippen molar-refractivity contribution in [1.29, 1.82) is 0 Å². The average Bonchev–Trinajstić information content (AvgIpc) is 3.37. The Morgan fingerprint density at radius 3 is 2.58 bits per heavy atom. The largest absolute Gasteiger partial charge is 0.497 e.